The lowest BCUT2D eigenvalue weighted by molar-refractivity contribution is 0.145. The molecular weight excluding hydrogens is 252 g/mol. The summed E-state index contributed by atoms with van der Waals surface area (Å²) >= 11 is 0. The van der Waals surface area contributed by atoms with Crippen molar-refractivity contribution in [2.45, 2.75) is 31.7 Å². The van der Waals surface area contributed by atoms with E-state index in [0.717, 1.165) is 24.6 Å². The molecule has 1 rings (SSSR count). The molecule has 0 saturated heterocycles. The number of benzene rings is 1. The molecule has 0 radical (unpaired) electrons. The first kappa shape index (κ1) is 15.9. The zero-order chi connectivity index (χ0) is 14.3. The highest BCUT2D eigenvalue weighted by Gasteiger charge is 2.24. The zero-order valence-corrected chi connectivity index (χ0v) is 11.4. The Morgan fingerprint density at radius 2 is 2.11 bits per heavy atom. The molecule has 1 aromatic carbocycles. The molecule has 2 N–H and O–H groups in total. The fourth-order valence-electron chi connectivity index (χ4n) is 1.93. The maximum atomic E-state index is 13.3. The second kappa shape index (κ2) is 7.40. The molecule has 1 unspecified atom stereocenters. The van der Waals surface area contributed by atoms with Gasteiger partial charge in [-0.05, 0) is 38.4 Å². The lowest BCUT2D eigenvalue weighted by Crippen LogP contribution is -2.46. The third-order valence-electron chi connectivity index (χ3n) is 3.46. The number of nitrogens with one attached hydrogen (secondary N) is 1. The molecule has 0 aliphatic rings. The van der Waals surface area contributed by atoms with Crippen LogP contribution < -0.4 is 10.1 Å². The summed E-state index contributed by atoms with van der Waals surface area (Å²) in [4.78, 5) is 0. The Balaban J connectivity index is 2.44. The van der Waals surface area contributed by atoms with Crippen LogP contribution in [0.5, 0.6) is 5.75 Å². The first-order valence-electron chi connectivity index (χ1n) is 6.44. The van der Waals surface area contributed by atoms with Gasteiger partial charge in [0.05, 0.1) is 13.2 Å². The van der Waals surface area contributed by atoms with Crippen LogP contribution in [0.3, 0.4) is 0 Å². The van der Waals surface area contributed by atoms with Crippen LogP contribution in [0.25, 0.3) is 0 Å². The van der Waals surface area contributed by atoms with Gasteiger partial charge in [0.1, 0.15) is 5.82 Å². The maximum absolute atomic E-state index is 13.3. The minimum atomic E-state index is -0.570. The van der Waals surface area contributed by atoms with Crippen molar-refractivity contribution in [1.82, 2.24) is 5.32 Å². The number of hydrogen-bond donors (Lipinski definition) is 2. The zero-order valence-electron chi connectivity index (χ0n) is 11.4. The Morgan fingerprint density at radius 1 is 1.37 bits per heavy atom. The predicted octanol–water partition coefficient (Wildman–Crippen LogP) is 2.48. The predicted molar refractivity (Wildman–Crippen MR) is 70.3 cm³/mol. The van der Waals surface area contributed by atoms with Gasteiger partial charge in [-0.25, -0.2) is 8.78 Å². The lowest BCUT2D eigenvalue weighted by Gasteiger charge is -2.30. The molecule has 0 heterocycles. The van der Waals surface area contributed by atoms with E-state index in [9.17, 15) is 13.9 Å². The van der Waals surface area contributed by atoms with E-state index >= 15 is 0 Å². The number of halogens is 2. The van der Waals surface area contributed by atoms with E-state index in [0.29, 0.717) is 12.8 Å². The van der Waals surface area contributed by atoms with Gasteiger partial charge in [0.2, 0.25) is 0 Å². The Kier molecular flexibility index (Phi) is 6.18. The van der Waals surface area contributed by atoms with Crippen LogP contribution in [0.4, 0.5) is 8.78 Å². The first-order valence-corrected chi connectivity index (χ1v) is 6.44. The minimum Gasteiger partial charge on any atom is -0.490 e. The van der Waals surface area contributed by atoms with Gasteiger partial charge in [-0.2, -0.15) is 0 Å². The van der Waals surface area contributed by atoms with Crippen molar-refractivity contribution in [3.63, 3.8) is 0 Å². The quantitative estimate of drug-likeness (QED) is 0.715. The van der Waals surface area contributed by atoms with E-state index in [1.54, 1.807) is 7.05 Å². The van der Waals surface area contributed by atoms with E-state index in [4.69, 9.17) is 4.74 Å². The smallest absolute Gasteiger partial charge is 0.165 e. The van der Waals surface area contributed by atoms with Crippen LogP contribution >= 0.6 is 0 Å². The van der Waals surface area contributed by atoms with E-state index in [2.05, 4.69) is 5.32 Å². The Bertz CT molecular complexity index is 387. The van der Waals surface area contributed by atoms with Crippen LogP contribution in [-0.2, 0) is 0 Å². The average Bonchev–Trinajstić information content (AvgIpc) is 2.43. The van der Waals surface area contributed by atoms with Crippen molar-refractivity contribution in [3.05, 3.63) is 29.8 Å². The highest BCUT2D eigenvalue weighted by molar-refractivity contribution is 5.24. The molecule has 0 saturated carbocycles. The fourth-order valence-corrected chi connectivity index (χ4v) is 1.93. The number of aliphatic hydroxyl groups is 1. The molecule has 1 atom stereocenters. The Labute approximate surface area is 112 Å². The monoisotopic (exact) mass is 273 g/mol. The summed E-state index contributed by atoms with van der Waals surface area (Å²) in [5.41, 5.74) is -0.330. The van der Waals surface area contributed by atoms with Crippen LogP contribution in [0.2, 0.25) is 0 Å². The van der Waals surface area contributed by atoms with Crippen molar-refractivity contribution in [2.75, 3.05) is 20.3 Å². The van der Waals surface area contributed by atoms with Gasteiger partial charge in [-0.1, -0.05) is 6.92 Å². The second-order valence-electron chi connectivity index (χ2n) is 4.57. The van der Waals surface area contributed by atoms with Crippen LogP contribution in [0, 0.1) is 11.6 Å². The second-order valence-corrected chi connectivity index (χ2v) is 4.57. The fraction of sp³-hybridized carbons (Fsp3) is 0.571. The normalized spacial score (nSPS) is 14.2. The highest BCUT2D eigenvalue weighted by atomic mass is 19.1. The Hall–Kier alpha value is -1.20. The summed E-state index contributed by atoms with van der Waals surface area (Å²) in [6, 6.07) is 3.13. The van der Waals surface area contributed by atoms with Crippen molar-refractivity contribution >= 4 is 0 Å². The van der Waals surface area contributed by atoms with Gasteiger partial charge < -0.3 is 15.2 Å². The molecule has 0 amide bonds. The molecule has 0 spiro atoms. The third-order valence-corrected chi connectivity index (χ3v) is 3.46. The van der Waals surface area contributed by atoms with Crippen LogP contribution in [0.1, 0.15) is 26.2 Å². The van der Waals surface area contributed by atoms with Gasteiger partial charge in [-0.15, -0.1) is 0 Å². The molecule has 0 bridgehead atoms. The molecule has 1 aromatic rings. The average molecular weight is 273 g/mol. The summed E-state index contributed by atoms with van der Waals surface area (Å²) in [5.74, 6) is -1.17. The van der Waals surface area contributed by atoms with Gasteiger partial charge in [0, 0.05) is 11.6 Å². The molecular formula is C14H21F2NO2. The van der Waals surface area contributed by atoms with Crippen molar-refractivity contribution in [2.24, 2.45) is 0 Å². The van der Waals surface area contributed by atoms with Crippen LogP contribution in [-0.4, -0.2) is 30.9 Å². The van der Waals surface area contributed by atoms with Gasteiger partial charge in [-0.3, -0.25) is 0 Å². The summed E-state index contributed by atoms with van der Waals surface area (Å²) in [6.07, 6.45) is 2.13. The minimum absolute atomic E-state index is 0.0360. The standard InChI is InChI=1S/C14H21F2NO2/c1-3-14(10-18,17-2)7-4-8-19-13-9-11(15)5-6-12(13)16/h5-6,9,17-18H,3-4,7-8,10H2,1-2H3. The molecule has 5 heteroatoms. The molecule has 3 nitrogen and oxygen atoms in total. The molecule has 108 valence electrons. The number of likely N-dealkylation sites (N-methyl/N-ethyl adjacent to an activating group) is 1. The summed E-state index contributed by atoms with van der Waals surface area (Å²) < 4.78 is 31.4. The molecule has 0 aromatic heterocycles. The van der Waals surface area contributed by atoms with E-state index in [-0.39, 0.29) is 24.5 Å². The summed E-state index contributed by atoms with van der Waals surface area (Å²) in [6.45, 7) is 2.30. The molecule has 0 aliphatic heterocycles. The molecule has 0 aliphatic carbocycles. The summed E-state index contributed by atoms with van der Waals surface area (Å²) in [5, 5.41) is 12.5. The first-order chi connectivity index (χ1) is 9.06. The van der Waals surface area contributed by atoms with Gasteiger partial charge in [0.15, 0.2) is 11.6 Å². The molecule has 19 heavy (non-hydrogen) atoms. The van der Waals surface area contributed by atoms with Crippen molar-refractivity contribution in [3.8, 4) is 5.75 Å². The van der Waals surface area contributed by atoms with Crippen molar-refractivity contribution in [1.29, 1.82) is 0 Å². The van der Waals surface area contributed by atoms with Crippen molar-refractivity contribution < 1.29 is 18.6 Å². The number of hydrogen-bond acceptors (Lipinski definition) is 3. The number of aliphatic hydroxyl groups excluding tert-OH is 1. The SMILES string of the molecule is CCC(CO)(CCCOc1cc(F)ccc1F)NC. The number of ether oxygens (including phenoxy) is 1. The van der Waals surface area contributed by atoms with E-state index in [1.807, 2.05) is 6.92 Å². The lowest BCUT2D eigenvalue weighted by atomic mass is 9.92. The third kappa shape index (κ3) is 4.44. The van der Waals surface area contributed by atoms with Gasteiger partial charge in [0.25, 0.3) is 0 Å². The Morgan fingerprint density at radius 3 is 2.68 bits per heavy atom. The van der Waals surface area contributed by atoms with E-state index < -0.39 is 11.6 Å². The number of rotatable bonds is 8. The summed E-state index contributed by atoms with van der Waals surface area (Å²) in [7, 11) is 1.80. The highest BCUT2D eigenvalue weighted by Crippen LogP contribution is 2.20. The largest absolute Gasteiger partial charge is 0.490 e. The maximum Gasteiger partial charge on any atom is 0.165 e. The topological polar surface area (TPSA) is 41.5 Å². The van der Waals surface area contributed by atoms with E-state index in [1.165, 1.54) is 0 Å². The van der Waals surface area contributed by atoms with Gasteiger partial charge >= 0.3 is 0 Å². The van der Waals surface area contributed by atoms with Crippen LogP contribution in [0.15, 0.2) is 18.2 Å². The molecule has 0 fully saturated rings.